The molecule has 11 aromatic carbocycles. The van der Waals surface area contributed by atoms with Crippen molar-refractivity contribution in [1.82, 2.24) is 0 Å². The molecule has 0 radical (unpaired) electrons. The van der Waals surface area contributed by atoms with Gasteiger partial charge in [-0.15, -0.1) is 0 Å². The zero-order valence-electron chi connectivity index (χ0n) is 40.5. The van der Waals surface area contributed by atoms with Gasteiger partial charge >= 0.3 is 0 Å². The van der Waals surface area contributed by atoms with E-state index in [1.54, 1.807) is 0 Å². The summed E-state index contributed by atoms with van der Waals surface area (Å²) < 4.78 is 0. The Morgan fingerprint density at radius 3 is 1.07 bits per heavy atom. The minimum atomic E-state index is -0.647. The van der Waals surface area contributed by atoms with Gasteiger partial charge in [0.15, 0.2) is 5.78 Å². The van der Waals surface area contributed by atoms with Crippen LogP contribution in [0.15, 0.2) is 249 Å². The summed E-state index contributed by atoms with van der Waals surface area (Å²) in [5.41, 5.74) is 28.0. The van der Waals surface area contributed by atoms with Crippen molar-refractivity contribution in [2.24, 2.45) is 0 Å². The van der Waals surface area contributed by atoms with Gasteiger partial charge < -0.3 is 4.90 Å². The molecule has 2 heteroatoms. The van der Waals surface area contributed by atoms with Crippen molar-refractivity contribution in [2.75, 3.05) is 4.90 Å². The summed E-state index contributed by atoms with van der Waals surface area (Å²) >= 11 is 0. The number of benzene rings is 11. The van der Waals surface area contributed by atoms with Gasteiger partial charge in [-0.3, -0.25) is 4.79 Å². The monoisotopic (exact) mass is 929 g/mol. The number of carbonyl (C=O) groups excluding carboxylic acids is 1. The summed E-state index contributed by atoms with van der Waals surface area (Å²) in [6, 6.07) is 90.5. The lowest BCUT2D eigenvalue weighted by Crippen LogP contribution is -2.26. The van der Waals surface area contributed by atoms with Crippen LogP contribution in [0.3, 0.4) is 0 Å². The molecular weight excluding hydrogens is 883 g/mol. The maximum Gasteiger partial charge on any atom is 0.193 e. The van der Waals surface area contributed by atoms with E-state index in [0.29, 0.717) is 11.1 Å². The number of rotatable bonds is 6. The summed E-state index contributed by atoms with van der Waals surface area (Å²) in [5, 5.41) is 0. The topological polar surface area (TPSA) is 20.3 Å². The van der Waals surface area contributed by atoms with Crippen molar-refractivity contribution in [1.29, 1.82) is 0 Å². The lowest BCUT2D eigenvalue weighted by atomic mass is 9.69. The van der Waals surface area contributed by atoms with E-state index >= 15 is 4.79 Å². The van der Waals surface area contributed by atoms with Crippen molar-refractivity contribution in [3.8, 4) is 55.6 Å². The molecule has 0 aromatic heterocycles. The molecule has 342 valence electrons. The fraction of sp³-hybridized carbons (Fsp3) is 0.0563. The van der Waals surface area contributed by atoms with Crippen LogP contribution in [-0.4, -0.2) is 5.78 Å². The van der Waals surface area contributed by atoms with Gasteiger partial charge in [0.25, 0.3) is 0 Å². The highest BCUT2D eigenvalue weighted by Crippen LogP contribution is 2.65. The number of aryl methyl sites for hydroxylation is 2. The number of hydrogen-bond acceptors (Lipinski definition) is 2. The molecule has 0 amide bonds. The second kappa shape index (κ2) is 15.4. The molecule has 73 heavy (non-hydrogen) atoms. The largest absolute Gasteiger partial charge is 0.310 e. The second-order valence-corrected chi connectivity index (χ2v) is 20.3. The van der Waals surface area contributed by atoms with E-state index in [9.17, 15) is 0 Å². The first-order chi connectivity index (χ1) is 36.0. The number of ketones is 1. The molecule has 0 saturated heterocycles. The highest BCUT2D eigenvalue weighted by atomic mass is 16.1. The van der Waals surface area contributed by atoms with Crippen LogP contribution < -0.4 is 4.90 Å². The number of carbonyl (C=O) groups is 1. The Kier molecular flexibility index (Phi) is 8.81. The number of anilines is 3. The summed E-state index contributed by atoms with van der Waals surface area (Å²) in [6.45, 7) is 4.47. The molecule has 0 N–H and O–H groups in total. The molecule has 1 atom stereocenters. The van der Waals surface area contributed by atoms with Crippen LogP contribution in [0.2, 0.25) is 0 Å². The van der Waals surface area contributed by atoms with Crippen molar-refractivity contribution >= 4 is 22.8 Å². The van der Waals surface area contributed by atoms with E-state index < -0.39 is 10.8 Å². The van der Waals surface area contributed by atoms with Crippen LogP contribution in [0.1, 0.15) is 71.6 Å². The van der Waals surface area contributed by atoms with Crippen LogP contribution >= 0.6 is 0 Å². The van der Waals surface area contributed by atoms with E-state index in [1.807, 2.05) is 0 Å². The molecule has 2 spiro atoms. The minimum Gasteiger partial charge on any atom is -0.310 e. The molecule has 0 aliphatic heterocycles. The van der Waals surface area contributed by atoms with E-state index in [0.717, 1.165) is 22.6 Å². The van der Waals surface area contributed by atoms with Crippen LogP contribution in [0, 0.1) is 13.8 Å². The minimum absolute atomic E-state index is 0.0221. The summed E-state index contributed by atoms with van der Waals surface area (Å²) in [4.78, 5) is 17.9. The number of hydrogen-bond donors (Lipinski definition) is 0. The first-order valence-corrected chi connectivity index (χ1v) is 25.5. The first kappa shape index (κ1) is 41.7. The standard InChI is InChI=1S/C71H47NO/c1-44-40-68(72(49-19-5-3-6-20-49)50-21-7-4-8-22-50)45(2)39-59(44)46-33-36-56-54-26-12-17-31-63(54)71(65(56)41-46)64-32-18-13-27-55(64)58-38-35-48(43-67(58)71)69(73)47-34-37-57-53-25-11-16-30-62(53)70(66(57)42-47)60-28-14-9-23-51(60)52-24-10-15-29-61(52)70/h3-43H,1-2H3. The lowest BCUT2D eigenvalue weighted by Gasteiger charge is -2.31. The van der Waals surface area contributed by atoms with Crippen molar-refractivity contribution in [3.63, 3.8) is 0 Å². The molecule has 0 saturated carbocycles. The van der Waals surface area contributed by atoms with Crippen molar-refractivity contribution < 1.29 is 4.79 Å². The molecule has 0 heterocycles. The Morgan fingerprint density at radius 2 is 0.644 bits per heavy atom. The Balaban J connectivity index is 0.889. The average molecular weight is 930 g/mol. The lowest BCUT2D eigenvalue weighted by molar-refractivity contribution is 0.103. The predicted octanol–water partition coefficient (Wildman–Crippen LogP) is 17.4. The highest BCUT2D eigenvalue weighted by Gasteiger charge is 2.53. The second-order valence-electron chi connectivity index (χ2n) is 20.3. The van der Waals surface area contributed by atoms with Gasteiger partial charge in [0, 0.05) is 28.2 Å². The molecule has 11 aromatic rings. The molecule has 4 aliphatic rings. The molecule has 2 nitrogen and oxygen atoms in total. The maximum atomic E-state index is 15.5. The third-order valence-electron chi connectivity index (χ3n) is 16.7. The normalized spacial score (nSPS) is 15.2. The predicted molar refractivity (Wildman–Crippen MR) is 299 cm³/mol. The average Bonchev–Trinajstić information content (AvgIpc) is 4.13. The van der Waals surface area contributed by atoms with Crippen molar-refractivity contribution in [2.45, 2.75) is 24.7 Å². The highest BCUT2D eigenvalue weighted by molar-refractivity contribution is 6.11. The molecule has 4 aliphatic carbocycles. The van der Waals surface area contributed by atoms with Gasteiger partial charge in [-0.2, -0.15) is 0 Å². The first-order valence-electron chi connectivity index (χ1n) is 25.5. The molecule has 1 unspecified atom stereocenters. The zero-order valence-corrected chi connectivity index (χ0v) is 40.5. The number of para-hydroxylation sites is 2. The van der Waals surface area contributed by atoms with Gasteiger partial charge in [-0.1, -0.05) is 194 Å². The Hall–Kier alpha value is -9.11. The zero-order chi connectivity index (χ0) is 48.6. The van der Waals surface area contributed by atoms with Crippen LogP contribution in [0.5, 0.6) is 0 Å². The summed E-state index contributed by atoms with van der Waals surface area (Å²) in [7, 11) is 0. The Labute approximate surface area is 426 Å². The van der Waals surface area contributed by atoms with Gasteiger partial charge in [0.2, 0.25) is 0 Å². The third kappa shape index (κ3) is 5.55. The number of nitrogens with zero attached hydrogens (tertiary/aromatic N) is 1. The van der Waals surface area contributed by atoms with E-state index in [-0.39, 0.29) is 5.78 Å². The quantitative estimate of drug-likeness (QED) is 0.155. The SMILES string of the molecule is Cc1cc(N(c2ccccc2)c2ccccc2)c(C)cc1-c1ccc2c(c1)C1(c3ccccc3-c3ccc(C(=O)c4ccc5c(c4)C4(c6ccccc6-c6ccccc64)c4ccccc4-5)cc31)c1ccccc1-2. The van der Waals surface area contributed by atoms with Gasteiger partial charge in [0.05, 0.1) is 10.8 Å². The molecular formula is C71H47NO. The smallest absolute Gasteiger partial charge is 0.193 e. The fourth-order valence-corrected chi connectivity index (χ4v) is 13.8. The molecule has 0 bridgehead atoms. The Bertz CT molecular complexity index is 4030. The van der Waals surface area contributed by atoms with Crippen molar-refractivity contribution in [3.05, 3.63) is 315 Å². The third-order valence-corrected chi connectivity index (χ3v) is 16.7. The van der Waals surface area contributed by atoms with Gasteiger partial charge in [-0.25, -0.2) is 0 Å². The van der Waals surface area contributed by atoms with E-state index in [2.05, 4.69) is 267 Å². The summed E-state index contributed by atoms with van der Waals surface area (Å²) in [6.07, 6.45) is 0. The summed E-state index contributed by atoms with van der Waals surface area (Å²) in [5.74, 6) is 0.0221. The Morgan fingerprint density at radius 1 is 0.301 bits per heavy atom. The molecule has 0 fully saturated rings. The van der Waals surface area contributed by atoms with Crippen LogP contribution in [0.25, 0.3) is 55.6 Å². The number of fused-ring (bicyclic) bond motifs is 20. The van der Waals surface area contributed by atoms with Crippen LogP contribution in [-0.2, 0) is 10.8 Å². The van der Waals surface area contributed by atoms with Gasteiger partial charge in [0.1, 0.15) is 0 Å². The maximum absolute atomic E-state index is 15.5. The van der Waals surface area contributed by atoms with Crippen LogP contribution in [0.4, 0.5) is 17.1 Å². The molecule has 15 rings (SSSR count). The fourth-order valence-electron chi connectivity index (χ4n) is 13.8. The van der Waals surface area contributed by atoms with Gasteiger partial charge in [-0.05, 0) is 180 Å². The van der Waals surface area contributed by atoms with E-state index in [1.165, 1.54) is 106 Å². The van der Waals surface area contributed by atoms with E-state index in [4.69, 9.17) is 0 Å².